The molecular formula is C31H30ClN3O4S. The summed E-state index contributed by atoms with van der Waals surface area (Å²) in [6.07, 6.45) is 1.48. The van der Waals surface area contributed by atoms with Gasteiger partial charge in [-0.3, -0.25) is 9.10 Å². The molecule has 0 aliphatic heterocycles. The highest BCUT2D eigenvalue weighted by Gasteiger charge is 2.27. The molecule has 4 aromatic carbocycles. The molecule has 206 valence electrons. The topological polar surface area (TPSA) is 88.1 Å². The average molecular weight is 576 g/mol. The zero-order valence-corrected chi connectivity index (χ0v) is 23.8. The third-order valence-corrected chi connectivity index (χ3v) is 8.26. The number of hydrazone groups is 1. The zero-order chi connectivity index (χ0) is 28.5. The summed E-state index contributed by atoms with van der Waals surface area (Å²) in [5.41, 5.74) is 5.50. The normalized spacial score (nSPS) is 11.5. The lowest BCUT2D eigenvalue weighted by atomic mass is 10.0. The van der Waals surface area contributed by atoms with Crippen LogP contribution < -0.4 is 14.5 Å². The van der Waals surface area contributed by atoms with Gasteiger partial charge in [-0.2, -0.15) is 5.10 Å². The maximum Gasteiger partial charge on any atom is 0.264 e. The third kappa shape index (κ3) is 7.49. The summed E-state index contributed by atoms with van der Waals surface area (Å²) in [6, 6.07) is 29.8. The molecule has 1 amide bonds. The average Bonchev–Trinajstić information content (AvgIpc) is 2.96. The molecule has 0 heterocycles. The fourth-order valence-corrected chi connectivity index (χ4v) is 5.46. The lowest BCUT2D eigenvalue weighted by Gasteiger charge is -2.24. The Hall–Kier alpha value is -4.14. The van der Waals surface area contributed by atoms with Crippen LogP contribution in [0.4, 0.5) is 5.69 Å². The number of carbonyl (C=O) groups is 1. The van der Waals surface area contributed by atoms with Crippen molar-refractivity contribution < 1.29 is 17.9 Å². The van der Waals surface area contributed by atoms with E-state index in [4.69, 9.17) is 16.3 Å². The number of nitrogens with one attached hydrogen (secondary N) is 1. The van der Waals surface area contributed by atoms with Gasteiger partial charge >= 0.3 is 0 Å². The third-order valence-electron chi connectivity index (χ3n) is 6.10. The lowest BCUT2D eigenvalue weighted by molar-refractivity contribution is -0.119. The van der Waals surface area contributed by atoms with Gasteiger partial charge in [0.2, 0.25) is 0 Å². The molecule has 0 aliphatic rings. The molecule has 4 aromatic rings. The van der Waals surface area contributed by atoms with E-state index in [0.29, 0.717) is 23.1 Å². The molecule has 7 nitrogen and oxygen atoms in total. The predicted octanol–water partition coefficient (Wildman–Crippen LogP) is 6.39. The molecule has 0 bridgehead atoms. The van der Waals surface area contributed by atoms with Crippen molar-refractivity contribution in [3.63, 3.8) is 0 Å². The van der Waals surface area contributed by atoms with E-state index < -0.39 is 22.5 Å². The number of rotatable bonds is 11. The Labute approximate surface area is 240 Å². The van der Waals surface area contributed by atoms with E-state index in [9.17, 15) is 13.2 Å². The van der Waals surface area contributed by atoms with Crippen LogP contribution in [0.25, 0.3) is 0 Å². The van der Waals surface area contributed by atoms with Crippen LogP contribution in [0, 0.1) is 0 Å². The Bertz CT molecular complexity index is 1560. The number of carbonyl (C=O) groups excluding carboxylic acids is 1. The van der Waals surface area contributed by atoms with Crippen molar-refractivity contribution in [2.45, 2.75) is 31.3 Å². The van der Waals surface area contributed by atoms with Gasteiger partial charge < -0.3 is 4.74 Å². The smallest absolute Gasteiger partial charge is 0.264 e. The highest BCUT2D eigenvalue weighted by Crippen LogP contribution is 2.26. The van der Waals surface area contributed by atoms with Gasteiger partial charge in [-0.25, -0.2) is 13.8 Å². The van der Waals surface area contributed by atoms with Crippen molar-refractivity contribution in [3.8, 4) is 5.75 Å². The van der Waals surface area contributed by atoms with Gasteiger partial charge in [-0.15, -0.1) is 0 Å². The van der Waals surface area contributed by atoms with E-state index in [0.717, 1.165) is 21.0 Å². The monoisotopic (exact) mass is 575 g/mol. The number of nitrogens with zero attached hydrogens (tertiary/aromatic N) is 2. The van der Waals surface area contributed by atoms with Crippen LogP contribution in [0.2, 0.25) is 5.02 Å². The summed E-state index contributed by atoms with van der Waals surface area (Å²) in [7, 11) is -3.99. The Kier molecular flexibility index (Phi) is 9.58. The lowest BCUT2D eigenvalue weighted by Crippen LogP contribution is -2.39. The first kappa shape index (κ1) is 28.9. The fraction of sp³-hybridized carbons (Fsp3) is 0.161. The van der Waals surface area contributed by atoms with Crippen molar-refractivity contribution in [1.82, 2.24) is 5.43 Å². The second-order valence-corrected chi connectivity index (χ2v) is 11.6. The molecule has 0 fully saturated rings. The van der Waals surface area contributed by atoms with Crippen LogP contribution in [-0.2, 0) is 21.4 Å². The Morgan fingerprint density at radius 1 is 0.925 bits per heavy atom. The van der Waals surface area contributed by atoms with Gasteiger partial charge in [0, 0.05) is 10.6 Å². The minimum absolute atomic E-state index is 0.0936. The summed E-state index contributed by atoms with van der Waals surface area (Å²) in [5.74, 6) is 0.364. The maximum atomic E-state index is 13.5. The van der Waals surface area contributed by atoms with Crippen molar-refractivity contribution in [2.75, 3.05) is 10.8 Å². The van der Waals surface area contributed by atoms with Gasteiger partial charge in [0.15, 0.2) is 0 Å². The molecular weight excluding hydrogens is 546 g/mol. The second-order valence-electron chi connectivity index (χ2n) is 9.31. The van der Waals surface area contributed by atoms with Crippen LogP contribution in [-0.4, -0.2) is 27.1 Å². The number of anilines is 1. The molecule has 0 unspecified atom stereocenters. The number of sulfonamides is 1. The molecule has 9 heteroatoms. The first-order valence-corrected chi connectivity index (χ1v) is 14.5. The number of amides is 1. The summed E-state index contributed by atoms with van der Waals surface area (Å²) in [6.45, 7) is 4.01. The molecule has 0 aromatic heterocycles. The Balaban J connectivity index is 1.41. The molecule has 40 heavy (non-hydrogen) atoms. The van der Waals surface area contributed by atoms with E-state index in [2.05, 4.69) is 24.4 Å². The van der Waals surface area contributed by atoms with E-state index in [1.807, 2.05) is 36.4 Å². The van der Waals surface area contributed by atoms with Crippen LogP contribution in [0.3, 0.4) is 0 Å². The first-order chi connectivity index (χ1) is 19.2. The van der Waals surface area contributed by atoms with Gasteiger partial charge in [-0.1, -0.05) is 74.0 Å². The highest BCUT2D eigenvalue weighted by atomic mass is 35.5. The molecule has 4 rings (SSSR count). The molecule has 0 radical (unpaired) electrons. The van der Waals surface area contributed by atoms with Crippen molar-refractivity contribution in [3.05, 3.63) is 125 Å². The Morgan fingerprint density at radius 2 is 1.57 bits per heavy atom. The van der Waals surface area contributed by atoms with Crippen molar-refractivity contribution in [1.29, 1.82) is 0 Å². The van der Waals surface area contributed by atoms with Crippen molar-refractivity contribution in [2.24, 2.45) is 5.10 Å². The van der Waals surface area contributed by atoms with Crippen LogP contribution in [0.5, 0.6) is 5.75 Å². The number of hydrogen-bond acceptors (Lipinski definition) is 5. The van der Waals surface area contributed by atoms with Crippen LogP contribution in [0.15, 0.2) is 113 Å². The summed E-state index contributed by atoms with van der Waals surface area (Å²) < 4.78 is 33.8. The standard InChI is InChI=1S/C31H30ClN3O4S/c1-23(2)25-14-16-27(17-15-25)35(40(37,38)29-9-4-3-5-10-29)21-31(36)34-33-20-24-12-18-28(19-13-24)39-22-26-8-6-7-11-30(26)32/h3-20,23H,21-22H2,1-2H3,(H,34,36). The maximum absolute atomic E-state index is 13.5. The van der Waals surface area contributed by atoms with E-state index in [1.165, 1.54) is 18.3 Å². The first-order valence-electron chi connectivity index (χ1n) is 12.7. The number of benzene rings is 4. The molecule has 0 spiro atoms. The summed E-state index contributed by atoms with van der Waals surface area (Å²) >= 11 is 6.17. The van der Waals surface area contributed by atoms with Crippen molar-refractivity contribution >= 4 is 39.4 Å². The zero-order valence-electron chi connectivity index (χ0n) is 22.2. The van der Waals surface area contributed by atoms with Gasteiger partial charge in [-0.05, 0) is 71.6 Å². The predicted molar refractivity (Wildman–Crippen MR) is 159 cm³/mol. The summed E-state index contributed by atoms with van der Waals surface area (Å²) in [5, 5.41) is 4.65. The SMILES string of the molecule is CC(C)c1ccc(N(CC(=O)NN=Cc2ccc(OCc3ccccc3Cl)cc2)S(=O)(=O)c2ccccc2)cc1. The van der Waals surface area contributed by atoms with Gasteiger partial charge in [0.05, 0.1) is 16.8 Å². The van der Waals surface area contributed by atoms with E-state index in [1.54, 1.807) is 54.6 Å². The largest absolute Gasteiger partial charge is 0.489 e. The number of halogens is 1. The van der Waals surface area contributed by atoms with E-state index >= 15 is 0 Å². The quantitative estimate of drug-likeness (QED) is 0.166. The number of hydrogen-bond donors (Lipinski definition) is 1. The Morgan fingerprint density at radius 3 is 2.23 bits per heavy atom. The minimum atomic E-state index is -3.99. The van der Waals surface area contributed by atoms with Crippen LogP contribution in [0.1, 0.15) is 36.5 Å². The highest BCUT2D eigenvalue weighted by molar-refractivity contribution is 7.92. The molecule has 0 saturated carbocycles. The molecule has 0 atom stereocenters. The minimum Gasteiger partial charge on any atom is -0.489 e. The van der Waals surface area contributed by atoms with Gasteiger partial charge in [0.1, 0.15) is 18.9 Å². The molecule has 0 aliphatic carbocycles. The molecule has 1 N–H and O–H groups in total. The van der Waals surface area contributed by atoms with Crippen LogP contribution >= 0.6 is 11.6 Å². The van der Waals surface area contributed by atoms with E-state index in [-0.39, 0.29) is 10.8 Å². The molecule has 0 saturated heterocycles. The number of ether oxygens (including phenoxy) is 1. The second kappa shape index (κ2) is 13.3. The summed E-state index contributed by atoms with van der Waals surface area (Å²) in [4.78, 5) is 12.9. The van der Waals surface area contributed by atoms with Gasteiger partial charge in [0.25, 0.3) is 15.9 Å². The fourth-order valence-electron chi connectivity index (χ4n) is 3.83.